The number of Topliss-reactive ketones (excluding diaryl/α,β-unsaturated/α-hetero) is 1. The highest BCUT2D eigenvalue weighted by Crippen LogP contribution is 2.14. The average Bonchev–Trinajstić information content (AvgIpc) is 2.91. The van der Waals surface area contributed by atoms with Crippen molar-refractivity contribution in [2.24, 2.45) is 0 Å². The van der Waals surface area contributed by atoms with Gasteiger partial charge in [0.05, 0.1) is 0 Å². The molecule has 38 heavy (non-hydrogen) atoms. The fraction of sp³-hybridized carbons (Fsp3) is 0.912. The van der Waals surface area contributed by atoms with Gasteiger partial charge in [0.15, 0.2) is 0 Å². The minimum absolute atomic E-state index is 0.260. The van der Waals surface area contributed by atoms with E-state index >= 15 is 0 Å². The first-order valence-corrected chi connectivity index (χ1v) is 17.0. The molecule has 0 aromatic carbocycles. The third-order valence-corrected chi connectivity index (χ3v) is 7.77. The summed E-state index contributed by atoms with van der Waals surface area (Å²) < 4.78 is 0. The van der Waals surface area contributed by atoms with Crippen molar-refractivity contribution in [2.45, 2.75) is 200 Å². The summed E-state index contributed by atoms with van der Waals surface area (Å²) in [5, 5.41) is 2.30. The molecule has 2 amide bonds. The SMILES string of the molecule is CCCCCCCCCCCCCCCCC(=O)C(=O)NC(=O)CCCCCCCCCCCCCCC. The van der Waals surface area contributed by atoms with E-state index in [1.165, 1.54) is 135 Å². The van der Waals surface area contributed by atoms with Gasteiger partial charge in [0.25, 0.3) is 5.91 Å². The predicted molar refractivity (Wildman–Crippen MR) is 163 cm³/mol. The van der Waals surface area contributed by atoms with Crippen molar-refractivity contribution in [2.75, 3.05) is 0 Å². The van der Waals surface area contributed by atoms with Gasteiger partial charge in [0.1, 0.15) is 0 Å². The number of imide groups is 1. The van der Waals surface area contributed by atoms with E-state index in [9.17, 15) is 14.4 Å². The van der Waals surface area contributed by atoms with Crippen molar-refractivity contribution in [1.82, 2.24) is 5.32 Å². The Morgan fingerprint density at radius 1 is 0.368 bits per heavy atom. The lowest BCUT2D eigenvalue weighted by molar-refractivity contribution is -0.141. The Kier molecular flexibility index (Phi) is 29.4. The summed E-state index contributed by atoms with van der Waals surface area (Å²) in [7, 11) is 0. The standard InChI is InChI=1S/C34H65NO3/c1-3-5-7-9-11-13-15-17-19-20-22-24-26-28-30-32(36)34(38)35-33(37)31-29-27-25-23-21-18-16-14-12-10-8-6-4-2/h3-31H2,1-2H3,(H,35,37,38). The van der Waals surface area contributed by atoms with Gasteiger partial charge in [-0.05, 0) is 12.8 Å². The summed E-state index contributed by atoms with van der Waals surface area (Å²) in [6.45, 7) is 4.52. The predicted octanol–water partition coefficient (Wildman–Crippen LogP) is 10.6. The molecule has 0 aliphatic carbocycles. The zero-order valence-electron chi connectivity index (χ0n) is 25.7. The summed E-state index contributed by atoms with van der Waals surface area (Å²) in [5.41, 5.74) is 0. The first kappa shape index (κ1) is 36.8. The van der Waals surface area contributed by atoms with Gasteiger partial charge < -0.3 is 0 Å². The van der Waals surface area contributed by atoms with Gasteiger partial charge >= 0.3 is 0 Å². The summed E-state index contributed by atoms with van der Waals surface area (Å²) >= 11 is 0. The molecular formula is C34H65NO3. The molecule has 224 valence electrons. The molecule has 0 aliphatic rings. The fourth-order valence-corrected chi connectivity index (χ4v) is 5.16. The van der Waals surface area contributed by atoms with Gasteiger partial charge in [-0.2, -0.15) is 0 Å². The zero-order chi connectivity index (χ0) is 27.9. The van der Waals surface area contributed by atoms with Crippen LogP contribution in [0.15, 0.2) is 0 Å². The molecule has 1 N–H and O–H groups in total. The molecule has 4 heteroatoms. The van der Waals surface area contributed by atoms with Gasteiger partial charge in [-0.25, -0.2) is 0 Å². The zero-order valence-corrected chi connectivity index (χ0v) is 25.7. The van der Waals surface area contributed by atoms with Crippen molar-refractivity contribution in [3.63, 3.8) is 0 Å². The maximum atomic E-state index is 12.0. The first-order valence-electron chi connectivity index (χ1n) is 17.0. The van der Waals surface area contributed by atoms with E-state index < -0.39 is 11.7 Å². The quantitative estimate of drug-likeness (QED) is 0.0734. The van der Waals surface area contributed by atoms with E-state index in [1.54, 1.807) is 0 Å². The van der Waals surface area contributed by atoms with Crippen LogP contribution in [0.5, 0.6) is 0 Å². The van der Waals surface area contributed by atoms with Crippen LogP contribution >= 0.6 is 0 Å². The topological polar surface area (TPSA) is 63.2 Å². The van der Waals surface area contributed by atoms with Gasteiger partial charge in [-0.1, -0.05) is 174 Å². The summed E-state index contributed by atoms with van der Waals surface area (Å²) in [5.74, 6) is -1.45. The van der Waals surface area contributed by atoms with Crippen LogP contribution in [0.3, 0.4) is 0 Å². The maximum absolute atomic E-state index is 12.0. The van der Waals surface area contributed by atoms with Crippen LogP contribution in [0.4, 0.5) is 0 Å². The van der Waals surface area contributed by atoms with E-state index in [0.717, 1.165) is 38.5 Å². The monoisotopic (exact) mass is 535 g/mol. The van der Waals surface area contributed by atoms with Crippen LogP contribution < -0.4 is 5.32 Å². The number of unbranched alkanes of at least 4 members (excludes halogenated alkanes) is 25. The Hall–Kier alpha value is -1.19. The fourth-order valence-electron chi connectivity index (χ4n) is 5.16. The number of carbonyl (C=O) groups is 3. The molecule has 0 radical (unpaired) electrons. The normalized spacial score (nSPS) is 11.1. The molecule has 0 aromatic heterocycles. The van der Waals surface area contributed by atoms with Crippen LogP contribution in [0, 0.1) is 0 Å². The number of amides is 2. The number of hydrogen-bond donors (Lipinski definition) is 1. The Labute approximate surface area is 237 Å². The highest BCUT2D eigenvalue weighted by Gasteiger charge is 2.15. The molecule has 0 saturated heterocycles. The lowest BCUT2D eigenvalue weighted by Crippen LogP contribution is -2.35. The number of carbonyl (C=O) groups excluding carboxylic acids is 3. The maximum Gasteiger partial charge on any atom is 0.293 e. The number of hydrogen-bond acceptors (Lipinski definition) is 3. The Bertz CT molecular complexity index is 546. The minimum atomic E-state index is -0.709. The molecule has 0 saturated carbocycles. The van der Waals surface area contributed by atoms with E-state index in [-0.39, 0.29) is 12.3 Å². The molecule has 0 aliphatic heterocycles. The summed E-state index contributed by atoms with van der Waals surface area (Å²) in [6, 6.07) is 0. The lowest BCUT2D eigenvalue weighted by atomic mass is 10.0. The van der Waals surface area contributed by atoms with E-state index in [0.29, 0.717) is 6.42 Å². The molecule has 0 atom stereocenters. The van der Waals surface area contributed by atoms with Gasteiger partial charge in [0, 0.05) is 12.8 Å². The van der Waals surface area contributed by atoms with Gasteiger partial charge in [0.2, 0.25) is 11.7 Å². The molecule has 0 aromatic rings. The number of ketones is 1. The molecule has 0 rings (SSSR count). The molecule has 0 bridgehead atoms. The van der Waals surface area contributed by atoms with Crippen molar-refractivity contribution in [1.29, 1.82) is 0 Å². The molecule has 4 nitrogen and oxygen atoms in total. The lowest BCUT2D eigenvalue weighted by Gasteiger charge is -2.05. The third-order valence-electron chi connectivity index (χ3n) is 7.77. The molecule has 0 unspecified atom stereocenters. The van der Waals surface area contributed by atoms with Crippen molar-refractivity contribution >= 4 is 17.6 Å². The number of rotatable bonds is 30. The Morgan fingerprint density at radius 3 is 0.947 bits per heavy atom. The molecule has 0 fully saturated rings. The smallest absolute Gasteiger partial charge is 0.290 e. The third kappa shape index (κ3) is 27.8. The second-order valence-electron chi connectivity index (χ2n) is 11.6. The van der Waals surface area contributed by atoms with Crippen LogP contribution in [0.2, 0.25) is 0 Å². The Balaban J connectivity index is 3.43. The van der Waals surface area contributed by atoms with E-state index in [1.807, 2.05) is 0 Å². The van der Waals surface area contributed by atoms with E-state index in [4.69, 9.17) is 0 Å². The second kappa shape index (κ2) is 30.4. The van der Waals surface area contributed by atoms with E-state index in [2.05, 4.69) is 19.2 Å². The van der Waals surface area contributed by atoms with Crippen molar-refractivity contribution in [3.05, 3.63) is 0 Å². The summed E-state index contributed by atoms with van der Waals surface area (Å²) in [6.07, 6.45) is 34.7. The van der Waals surface area contributed by atoms with Crippen molar-refractivity contribution in [3.8, 4) is 0 Å². The van der Waals surface area contributed by atoms with Crippen molar-refractivity contribution < 1.29 is 14.4 Å². The van der Waals surface area contributed by atoms with Crippen LogP contribution in [0.1, 0.15) is 200 Å². The van der Waals surface area contributed by atoms with Gasteiger partial charge in [-0.15, -0.1) is 0 Å². The average molecular weight is 536 g/mol. The molecule has 0 heterocycles. The molecule has 0 spiro atoms. The highest BCUT2D eigenvalue weighted by molar-refractivity contribution is 6.38. The van der Waals surface area contributed by atoms with Crippen LogP contribution in [-0.2, 0) is 14.4 Å². The summed E-state index contributed by atoms with van der Waals surface area (Å²) in [4.78, 5) is 36.0. The number of nitrogens with one attached hydrogen (secondary N) is 1. The first-order chi connectivity index (χ1) is 18.6. The second-order valence-corrected chi connectivity index (χ2v) is 11.6. The Morgan fingerprint density at radius 2 is 0.632 bits per heavy atom. The highest BCUT2D eigenvalue weighted by atomic mass is 16.2. The molecular weight excluding hydrogens is 470 g/mol. The van der Waals surface area contributed by atoms with Crippen LogP contribution in [-0.4, -0.2) is 17.6 Å². The largest absolute Gasteiger partial charge is 0.293 e. The van der Waals surface area contributed by atoms with Crippen LogP contribution in [0.25, 0.3) is 0 Å². The van der Waals surface area contributed by atoms with Gasteiger partial charge in [-0.3, -0.25) is 19.7 Å². The minimum Gasteiger partial charge on any atom is -0.290 e.